The van der Waals surface area contributed by atoms with Crippen LogP contribution in [-0.2, 0) is 9.71 Å². The zero-order valence-corrected chi connectivity index (χ0v) is 13.4. The average Bonchev–Trinajstić information content (AvgIpc) is 2.66. The van der Waals surface area contributed by atoms with Gasteiger partial charge in [-0.05, 0) is 21.8 Å². The molecule has 0 amide bonds. The van der Waals surface area contributed by atoms with Crippen molar-refractivity contribution < 1.29 is 8.63 Å². The lowest BCUT2D eigenvalue weighted by molar-refractivity contribution is 0.612. The van der Waals surface area contributed by atoms with Crippen LogP contribution < -0.4 is 15.5 Å². The summed E-state index contributed by atoms with van der Waals surface area (Å²) in [6, 6.07) is 1.42. The van der Waals surface area contributed by atoms with Gasteiger partial charge in [0.1, 0.15) is 4.70 Å². The molecule has 0 aliphatic carbocycles. The normalized spacial score (nSPS) is 14.4. The molecule has 0 saturated heterocycles. The van der Waals surface area contributed by atoms with E-state index in [4.69, 9.17) is 4.42 Å². The molecule has 1 atom stereocenters. The van der Waals surface area contributed by atoms with E-state index in [1.807, 2.05) is 5.38 Å². The zero-order valence-electron chi connectivity index (χ0n) is 10.2. The standard InChI is InChI=1S/C11H13BrN2O3S2/c1-19(2,16)14-4-3-13-9-5-8(15)11-10(17-9)7(12)6-18-11/h5-6,13H,1,3-4H2,2H3,(H,14,16). The Hall–Kier alpha value is -0.830. The minimum atomic E-state index is -2.21. The molecule has 0 aromatic carbocycles. The van der Waals surface area contributed by atoms with Crippen LogP contribution in [0.25, 0.3) is 10.3 Å². The van der Waals surface area contributed by atoms with Crippen LogP contribution in [0.4, 0.5) is 5.88 Å². The van der Waals surface area contributed by atoms with Crippen molar-refractivity contribution in [2.45, 2.75) is 0 Å². The van der Waals surface area contributed by atoms with Crippen molar-refractivity contribution >= 4 is 59.0 Å². The van der Waals surface area contributed by atoms with Gasteiger partial charge in [0.2, 0.25) is 5.43 Å². The molecule has 0 aliphatic rings. The number of anilines is 1. The summed E-state index contributed by atoms with van der Waals surface area (Å²) in [6.07, 6.45) is 1.53. The van der Waals surface area contributed by atoms with Crippen LogP contribution in [0, 0.1) is 0 Å². The topological polar surface area (TPSA) is 71.3 Å². The molecule has 2 N–H and O–H groups in total. The van der Waals surface area contributed by atoms with Gasteiger partial charge in [-0.15, -0.1) is 11.3 Å². The molecule has 2 rings (SSSR count). The largest absolute Gasteiger partial charge is 0.438 e. The van der Waals surface area contributed by atoms with Crippen molar-refractivity contribution in [2.75, 3.05) is 24.7 Å². The summed E-state index contributed by atoms with van der Waals surface area (Å²) in [5, 5.41) is 4.78. The highest BCUT2D eigenvalue weighted by Gasteiger charge is 2.09. The number of hydrogen-bond acceptors (Lipinski definition) is 5. The number of fused-ring (bicyclic) bond motifs is 1. The van der Waals surface area contributed by atoms with Crippen molar-refractivity contribution in [1.29, 1.82) is 0 Å². The molecule has 0 fully saturated rings. The van der Waals surface area contributed by atoms with Crippen molar-refractivity contribution in [1.82, 2.24) is 4.72 Å². The highest BCUT2D eigenvalue weighted by Crippen LogP contribution is 2.29. The summed E-state index contributed by atoms with van der Waals surface area (Å²) < 4.78 is 21.0. The van der Waals surface area contributed by atoms with Gasteiger partial charge in [0.25, 0.3) is 0 Å². The molecule has 104 valence electrons. The van der Waals surface area contributed by atoms with E-state index in [2.05, 4.69) is 31.8 Å². The van der Waals surface area contributed by atoms with E-state index in [0.717, 1.165) is 4.47 Å². The predicted octanol–water partition coefficient (Wildman–Crippen LogP) is 1.88. The Balaban J connectivity index is 2.09. The minimum absolute atomic E-state index is 0.0798. The maximum Gasteiger partial charge on any atom is 0.204 e. The van der Waals surface area contributed by atoms with E-state index in [9.17, 15) is 9.00 Å². The molecule has 0 saturated carbocycles. The molecular weight excluding hydrogens is 352 g/mol. The van der Waals surface area contributed by atoms with Crippen molar-refractivity contribution in [3.05, 3.63) is 26.1 Å². The Labute approximate surface area is 123 Å². The van der Waals surface area contributed by atoms with Gasteiger partial charge in [-0.2, -0.15) is 0 Å². The van der Waals surface area contributed by atoms with E-state index < -0.39 is 9.71 Å². The number of halogens is 1. The van der Waals surface area contributed by atoms with Gasteiger partial charge in [0, 0.05) is 40.5 Å². The predicted molar refractivity (Wildman–Crippen MR) is 85.7 cm³/mol. The summed E-state index contributed by atoms with van der Waals surface area (Å²) >= 11 is 4.68. The summed E-state index contributed by atoms with van der Waals surface area (Å²) in [5.74, 6) is 3.88. The fourth-order valence-electron chi connectivity index (χ4n) is 1.46. The second kappa shape index (κ2) is 5.66. The molecule has 8 heteroatoms. The highest BCUT2D eigenvalue weighted by atomic mass is 79.9. The first-order valence-electron chi connectivity index (χ1n) is 5.38. The molecule has 2 aromatic rings. The van der Waals surface area contributed by atoms with E-state index in [-0.39, 0.29) is 5.43 Å². The summed E-state index contributed by atoms with van der Waals surface area (Å²) in [5.41, 5.74) is 0.466. The Bertz CT molecular complexity index is 749. The quantitative estimate of drug-likeness (QED) is 0.627. The van der Waals surface area contributed by atoms with E-state index in [1.54, 1.807) is 0 Å². The van der Waals surface area contributed by atoms with Crippen molar-refractivity contribution in [3.63, 3.8) is 0 Å². The molecule has 0 radical (unpaired) electrons. The number of thiophene rings is 1. The fraction of sp³-hybridized carbons (Fsp3) is 0.273. The first-order valence-corrected chi connectivity index (χ1v) is 9.19. The summed E-state index contributed by atoms with van der Waals surface area (Å²) in [6.45, 7) is 0.946. The second-order valence-electron chi connectivity index (χ2n) is 4.04. The van der Waals surface area contributed by atoms with Crippen LogP contribution in [0.5, 0.6) is 0 Å². The molecule has 0 spiro atoms. The Morgan fingerprint density at radius 3 is 2.95 bits per heavy atom. The molecule has 2 heterocycles. The maximum absolute atomic E-state index is 11.8. The van der Waals surface area contributed by atoms with E-state index >= 15 is 0 Å². The van der Waals surface area contributed by atoms with Crippen LogP contribution in [0.3, 0.4) is 0 Å². The van der Waals surface area contributed by atoms with Gasteiger partial charge >= 0.3 is 0 Å². The third-order valence-corrected chi connectivity index (χ3v) is 4.92. The number of nitrogens with one attached hydrogen (secondary N) is 2. The smallest absolute Gasteiger partial charge is 0.204 e. The second-order valence-corrected chi connectivity index (χ2v) is 8.08. The number of rotatable bonds is 5. The lowest BCUT2D eigenvalue weighted by Crippen LogP contribution is -2.27. The summed E-state index contributed by atoms with van der Waals surface area (Å²) in [7, 11) is -2.21. The lowest BCUT2D eigenvalue weighted by atomic mass is 10.4. The Morgan fingerprint density at radius 1 is 1.53 bits per heavy atom. The molecule has 1 unspecified atom stereocenters. The molecule has 0 aliphatic heterocycles. The average molecular weight is 365 g/mol. The van der Waals surface area contributed by atoms with Crippen molar-refractivity contribution in [3.8, 4) is 0 Å². The molecule has 2 aromatic heterocycles. The first-order chi connectivity index (χ1) is 8.87. The van der Waals surface area contributed by atoms with E-state index in [1.165, 1.54) is 23.7 Å². The Morgan fingerprint density at radius 2 is 2.26 bits per heavy atom. The Kier molecular flexibility index (Phi) is 4.34. The van der Waals surface area contributed by atoms with E-state index in [0.29, 0.717) is 29.3 Å². The van der Waals surface area contributed by atoms with Gasteiger partial charge in [0.05, 0.1) is 4.47 Å². The third kappa shape index (κ3) is 3.82. The minimum Gasteiger partial charge on any atom is -0.438 e. The van der Waals surface area contributed by atoms with Crippen LogP contribution in [0.15, 0.2) is 25.1 Å². The number of hydrogen-bond donors (Lipinski definition) is 2. The molecule has 5 nitrogen and oxygen atoms in total. The van der Waals surface area contributed by atoms with Gasteiger partial charge < -0.3 is 9.73 Å². The molecule has 19 heavy (non-hydrogen) atoms. The highest BCUT2D eigenvalue weighted by molar-refractivity contribution is 9.10. The molecular formula is C11H13BrN2O3S2. The van der Waals surface area contributed by atoms with Gasteiger partial charge in [-0.3, -0.25) is 9.00 Å². The third-order valence-electron chi connectivity index (χ3n) is 2.23. The zero-order chi connectivity index (χ0) is 14.0. The monoisotopic (exact) mass is 364 g/mol. The summed E-state index contributed by atoms with van der Waals surface area (Å²) in [4.78, 5) is 11.8. The van der Waals surface area contributed by atoms with Crippen molar-refractivity contribution in [2.24, 2.45) is 0 Å². The molecule has 0 bridgehead atoms. The fourth-order valence-corrected chi connectivity index (χ4v) is 3.44. The van der Waals surface area contributed by atoms with Gasteiger partial charge in [0.15, 0.2) is 11.5 Å². The lowest BCUT2D eigenvalue weighted by Gasteiger charge is -2.07. The SMILES string of the molecule is C=S(C)(=O)NCCNc1cc(=O)c2scc(Br)c2o1. The van der Waals surface area contributed by atoms with Gasteiger partial charge in [-0.25, -0.2) is 4.72 Å². The van der Waals surface area contributed by atoms with Crippen LogP contribution in [-0.4, -0.2) is 29.4 Å². The van der Waals surface area contributed by atoms with Crippen LogP contribution in [0.1, 0.15) is 0 Å². The van der Waals surface area contributed by atoms with Crippen LogP contribution >= 0.6 is 27.3 Å². The van der Waals surface area contributed by atoms with Crippen LogP contribution in [0.2, 0.25) is 0 Å². The van der Waals surface area contributed by atoms with Gasteiger partial charge in [-0.1, -0.05) is 0 Å². The first kappa shape index (κ1) is 14.6. The maximum atomic E-state index is 11.8.